The van der Waals surface area contributed by atoms with Crippen LogP contribution in [0.1, 0.15) is 28.9 Å². The summed E-state index contributed by atoms with van der Waals surface area (Å²) in [5, 5.41) is 10.4. The lowest BCUT2D eigenvalue weighted by molar-refractivity contribution is 0.0952. The molecule has 3 rings (SSSR count). The molecule has 1 atom stereocenters. The van der Waals surface area contributed by atoms with E-state index < -0.39 is 0 Å². The minimum Gasteiger partial charge on any atom is -0.350 e. The Morgan fingerprint density at radius 1 is 1.60 bits per heavy atom. The molecule has 108 valence electrons. The van der Waals surface area contributed by atoms with Gasteiger partial charge in [0.2, 0.25) is 0 Å². The summed E-state index contributed by atoms with van der Waals surface area (Å²) in [6, 6.07) is 2.25. The molecule has 2 N–H and O–H groups in total. The number of nitrogens with zero attached hydrogens (tertiary/aromatic N) is 3. The molecule has 1 fully saturated rings. The largest absolute Gasteiger partial charge is 0.350 e. The van der Waals surface area contributed by atoms with E-state index >= 15 is 0 Å². The second kappa shape index (κ2) is 6.19. The minimum absolute atomic E-state index is 0. The van der Waals surface area contributed by atoms with Gasteiger partial charge in [-0.25, -0.2) is 9.50 Å². The quantitative estimate of drug-likeness (QED) is 0.884. The van der Waals surface area contributed by atoms with E-state index in [9.17, 15) is 4.79 Å². The van der Waals surface area contributed by atoms with Crippen LogP contribution in [-0.4, -0.2) is 39.6 Å². The van der Waals surface area contributed by atoms with E-state index in [-0.39, 0.29) is 18.3 Å². The van der Waals surface area contributed by atoms with Gasteiger partial charge in [-0.15, -0.1) is 12.4 Å². The number of amides is 1. The third-order valence-corrected chi connectivity index (χ3v) is 3.42. The number of fused-ring (bicyclic) bond motifs is 1. The van der Waals surface area contributed by atoms with Crippen LogP contribution in [0.3, 0.4) is 0 Å². The zero-order valence-electron chi connectivity index (χ0n) is 11.3. The predicted octanol–water partition coefficient (Wildman–Crippen LogP) is 0.941. The molecular weight excluding hydrogens is 278 g/mol. The molecule has 1 aliphatic heterocycles. The van der Waals surface area contributed by atoms with Gasteiger partial charge in [0.05, 0.1) is 6.20 Å². The molecule has 0 radical (unpaired) electrons. The van der Waals surface area contributed by atoms with Crippen LogP contribution in [-0.2, 0) is 0 Å². The fraction of sp³-hybridized carbons (Fsp3) is 0.462. The zero-order chi connectivity index (χ0) is 13.2. The van der Waals surface area contributed by atoms with E-state index in [1.54, 1.807) is 10.7 Å². The lowest BCUT2D eigenvalue weighted by atomic mass is 10.2. The number of rotatable bonds is 3. The molecule has 2 aromatic heterocycles. The molecule has 0 bridgehead atoms. The molecule has 1 aliphatic rings. The van der Waals surface area contributed by atoms with Gasteiger partial charge < -0.3 is 10.6 Å². The number of nitrogens with one attached hydrogen (secondary N) is 2. The number of hydrogen-bond acceptors (Lipinski definition) is 4. The van der Waals surface area contributed by atoms with Crippen molar-refractivity contribution in [3.05, 3.63) is 29.7 Å². The Hall–Kier alpha value is -1.66. The maximum atomic E-state index is 12.2. The summed E-state index contributed by atoms with van der Waals surface area (Å²) in [5.74, 6) is -0.109. The van der Waals surface area contributed by atoms with E-state index in [1.807, 2.05) is 19.2 Å². The van der Waals surface area contributed by atoms with Crippen LogP contribution in [0, 0.1) is 6.92 Å². The zero-order valence-corrected chi connectivity index (χ0v) is 12.1. The molecular formula is C13H18ClN5O. The molecule has 1 unspecified atom stereocenters. The second-order valence-corrected chi connectivity index (χ2v) is 4.90. The van der Waals surface area contributed by atoms with Crippen molar-refractivity contribution < 1.29 is 4.79 Å². The van der Waals surface area contributed by atoms with Crippen LogP contribution in [0.4, 0.5) is 0 Å². The van der Waals surface area contributed by atoms with Crippen LogP contribution in [0.5, 0.6) is 0 Å². The van der Waals surface area contributed by atoms with Crippen molar-refractivity contribution in [2.45, 2.75) is 25.8 Å². The first kappa shape index (κ1) is 14.7. The molecule has 0 spiro atoms. The Kier molecular flexibility index (Phi) is 4.57. The van der Waals surface area contributed by atoms with Crippen molar-refractivity contribution in [2.24, 2.45) is 0 Å². The van der Waals surface area contributed by atoms with Crippen molar-refractivity contribution in [3.63, 3.8) is 0 Å². The second-order valence-electron chi connectivity index (χ2n) is 4.90. The Bertz CT molecular complexity index is 606. The normalized spacial score (nSPS) is 17.9. The molecule has 1 saturated heterocycles. The summed E-state index contributed by atoms with van der Waals surface area (Å²) in [5.41, 5.74) is 2.01. The summed E-state index contributed by atoms with van der Waals surface area (Å²) in [6.45, 7) is 3.59. The maximum Gasteiger partial charge on any atom is 0.256 e. The first-order chi connectivity index (χ1) is 9.24. The van der Waals surface area contributed by atoms with Gasteiger partial charge >= 0.3 is 0 Å². The van der Waals surface area contributed by atoms with Crippen molar-refractivity contribution in [3.8, 4) is 0 Å². The molecule has 2 aromatic rings. The third-order valence-electron chi connectivity index (χ3n) is 3.42. The first-order valence-corrected chi connectivity index (χ1v) is 6.56. The van der Waals surface area contributed by atoms with Gasteiger partial charge in [-0.1, -0.05) is 0 Å². The highest BCUT2D eigenvalue weighted by Crippen LogP contribution is 2.09. The highest BCUT2D eigenvalue weighted by atomic mass is 35.5. The molecule has 0 saturated carbocycles. The van der Waals surface area contributed by atoms with Crippen molar-refractivity contribution >= 4 is 24.0 Å². The summed E-state index contributed by atoms with van der Waals surface area (Å²) in [6.07, 6.45) is 5.68. The van der Waals surface area contributed by atoms with Crippen LogP contribution >= 0.6 is 12.4 Å². The Balaban J connectivity index is 0.00000147. The molecule has 7 heteroatoms. The van der Waals surface area contributed by atoms with Gasteiger partial charge in [0.1, 0.15) is 5.56 Å². The van der Waals surface area contributed by atoms with Crippen LogP contribution in [0.15, 0.2) is 18.5 Å². The predicted molar refractivity (Wildman–Crippen MR) is 78.3 cm³/mol. The Morgan fingerprint density at radius 3 is 3.20 bits per heavy atom. The van der Waals surface area contributed by atoms with Gasteiger partial charge in [-0.2, -0.15) is 5.10 Å². The Labute approximate surface area is 123 Å². The fourth-order valence-corrected chi connectivity index (χ4v) is 2.36. The van der Waals surface area contributed by atoms with Gasteiger partial charge in [-0.3, -0.25) is 4.79 Å². The van der Waals surface area contributed by atoms with Crippen LogP contribution in [0.2, 0.25) is 0 Å². The lowest BCUT2D eigenvalue weighted by Gasteiger charge is -2.10. The molecule has 1 amide bonds. The van der Waals surface area contributed by atoms with E-state index in [4.69, 9.17) is 0 Å². The summed E-state index contributed by atoms with van der Waals surface area (Å²) >= 11 is 0. The number of carbonyl (C=O) groups is 1. The third kappa shape index (κ3) is 2.91. The standard InChI is InChI=1S/C13H17N5O.ClH/c1-9-4-6-18-12(17-9)11(8-16-18)13(19)15-7-10-3-2-5-14-10;/h4,6,8,10,14H,2-3,5,7H2,1H3,(H,15,19);1H. The van der Waals surface area contributed by atoms with E-state index in [1.165, 1.54) is 6.42 Å². The average Bonchev–Trinajstić information content (AvgIpc) is 3.04. The molecule has 6 nitrogen and oxygen atoms in total. The van der Waals surface area contributed by atoms with Gasteiger partial charge in [0, 0.05) is 24.5 Å². The van der Waals surface area contributed by atoms with Crippen molar-refractivity contribution in [1.29, 1.82) is 0 Å². The number of aryl methyl sites for hydroxylation is 1. The van der Waals surface area contributed by atoms with Crippen LogP contribution in [0.25, 0.3) is 5.65 Å². The molecule has 20 heavy (non-hydrogen) atoms. The summed E-state index contributed by atoms with van der Waals surface area (Å²) in [7, 11) is 0. The Morgan fingerprint density at radius 2 is 2.45 bits per heavy atom. The molecule has 3 heterocycles. The van der Waals surface area contributed by atoms with Gasteiger partial charge in [0.15, 0.2) is 5.65 Å². The van der Waals surface area contributed by atoms with Crippen LogP contribution < -0.4 is 10.6 Å². The molecule has 0 aromatic carbocycles. The lowest BCUT2D eigenvalue weighted by Crippen LogP contribution is -2.37. The van der Waals surface area contributed by atoms with E-state index in [0.717, 1.165) is 18.7 Å². The van der Waals surface area contributed by atoms with Gasteiger partial charge in [-0.05, 0) is 32.4 Å². The van der Waals surface area contributed by atoms with Crippen molar-refractivity contribution in [2.75, 3.05) is 13.1 Å². The first-order valence-electron chi connectivity index (χ1n) is 6.56. The summed E-state index contributed by atoms with van der Waals surface area (Å²) < 4.78 is 1.62. The highest BCUT2D eigenvalue weighted by Gasteiger charge is 2.17. The smallest absolute Gasteiger partial charge is 0.256 e. The van der Waals surface area contributed by atoms with E-state index in [0.29, 0.717) is 23.8 Å². The average molecular weight is 296 g/mol. The number of hydrogen-bond donors (Lipinski definition) is 2. The monoisotopic (exact) mass is 295 g/mol. The topological polar surface area (TPSA) is 71.3 Å². The highest BCUT2D eigenvalue weighted by molar-refractivity contribution is 5.99. The summed E-state index contributed by atoms with van der Waals surface area (Å²) in [4.78, 5) is 16.5. The van der Waals surface area contributed by atoms with E-state index in [2.05, 4.69) is 20.7 Å². The van der Waals surface area contributed by atoms with Gasteiger partial charge in [0.25, 0.3) is 5.91 Å². The number of carbonyl (C=O) groups excluding carboxylic acids is 1. The minimum atomic E-state index is -0.109. The SMILES string of the molecule is Cc1ccn2ncc(C(=O)NCC3CCCN3)c2n1.Cl. The fourth-order valence-electron chi connectivity index (χ4n) is 2.36. The number of aromatic nitrogens is 3. The van der Waals surface area contributed by atoms with Crippen molar-refractivity contribution in [1.82, 2.24) is 25.2 Å². The maximum absolute atomic E-state index is 12.2. The number of halogens is 1. The molecule has 0 aliphatic carbocycles.